The Morgan fingerprint density at radius 1 is 1.00 bits per heavy atom. The average molecular weight is 357 g/mol. The number of nitrogens with one attached hydrogen (secondary N) is 2. The molecule has 1 aliphatic heterocycles. The van der Waals surface area contributed by atoms with E-state index in [2.05, 4.69) is 10.6 Å². The quantitative estimate of drug-likeness (QED) is 0.648. The fraction of sp³-hybridized carbons (Fsp3) is 0.0588. The van der Waals surface area contributed by atoms with E-state index in [0.717, 1.165) is 4.90 Å². The van der Waals surface area contributed by atoms with Crippen LogP contribution in [-0.2, 0) is 4.79 Å². The van der Waals surface area contributed by atoms with Crippen molar-refractivity contribution in [3.63, 3.8) is 0 Å². The first-order chi connectivity index (χ1) is 12.0. The van der Waals surface area contributed by atoms with E-state index in [9.17, 15) is 18.8 Å². The summed E-state index contributed by atoms with van der Waals surface area (Å²) >= 11 is 4.94. The fourth-order valence-electron chi connectivity index (χ4n) is 2.41. The Morgan fingerprint density at radius 3 is 2.16 bits per heavy atom. The predicted molar refractivity (Wildman–Crippen MR) is 92.6 cm³/mol. The summed E-state index contributed by atoms with van der Waals surface area (Å²) in [6.07, 6.45) is 0. The largest absolute Gasteiger partial charge is 0.330 e. The predicted octanol–water partition coefficient (Wildman–Crippen LogP) is 1.93. The molecular formula is C17H12FN3O3S. The Kier molecular flexibility index (Phi) is 4.53. The molecule has 2 aromatic rings. The van der Waals surface area contributed by atoms with Crippen molar-refractivity contribution in [3.05, 3.63) is 65.5 Å². The van der Waals surface area contributed by atoms with Gasteiger partial charge in [0.2, 0.25) is 5.91 Å². The zero-order valence-electron chi connectivity index (χ0n) is 12.8. The highest BCUT2D eigenvalue weighted by molar-refractivity contribution is 7.80. The number of benzene rings is 2. The van der Waals surface area contributed by atoms with Crippen LogP contribution in [0.5, 0.6) is 0 Å². The number of fused-ring (bicyclic) bond motifs is 1. The first-order valence-electron chi connectivity index (χ1n) is 7.28. The highest BCUT2D eigenvalue weighted by Gasteiger charge is 2.36. The van der Waals surface area contributed by atoms with Gasteiger partial charge in [-0.2, -0.15) is 0 Å². The third-order valence-electron chi connectivity index (χ3n) is 3.55. The van der Waals surface area contributed by atoms with Crippen LogP contribution < -0.4 is 10.6 Å². The highest BCUT2D eigenvalue weighted by atomic mass is 32.1. The van der Waals surface area contributed by atoms with Crippen molar-refractivity contribution in [2.45, 2.75) is 0 Å². The van der Waals surface area contributed by atoms with Crippen LogP contribution in [-0.4, -0.2) is 34.3 Å². The standard InChI is InChI=1S/C17H12FN3O3S/c18-12-7-3-4-8-13(12)19-17(25)20-14(22)9-21-15(23)10-5-1-2-6-11(10)16(21)24/h1-8H,9H2,(H2,19,20,22,25). The topological polar surface area (TPSA) is 78.5 Å². The number of carbonyl (C=O) groups is 3. The van der Waals surface area contributed by atoms with Gasteiger partial charge in [0.15, 0.2) is 5.11 Å². The normalized spacial score (nSPS) is 12.8. The zero-order chi connectivity index (χ0) is 18.0. The van der Waals surface area contributed by atoms with E-state index in [-0.39, 0.29) is 21.9 Å². The van der Waals surface area contributed by atoms with Gasteiger partial charge in [-0.05, 0) is 36.5 Å². The molecule has 2 N–H and O–H groups in total. The van der Waals surface area contributed by atoms with E-state index in [1.807, 2.05) is 0 Å². The van der Waals surface area contributed by atoms with Gasteiger partial charge in [-0.25, -0.2) is 4.39 Å². The van der Waals surface area contributed by atoms with Gasteiger partial charge in [-0.1, -0.05) is 24.3 Å². The SMILES string of the molecule is O=C(CN1C(=O)c2ccccc2C1=O)NC(=S)Nc1ccccc1F. The number of nitrogens with zero attached hydrogens (tertiary/aromatic N) is 1. The number of anilines is 1. The summed E-state index contributed by atoms with van der Waals surface area (Å²) < 4.78 is 13.5. The fourth-order valence-corrected chi connectivity index (χ4v) is 2.63. The Hall–Kier alpha value is -3.13. The van der Waals surface area contributed by atoms with Crippen molar-refractivity contribution < 1.29 is 18.8 Å². The van der Waals surface area contributed by atoms with Crippen LogP contribution in [0, 0.1) is 5.82 Å². The maximum absolute atomic E-state index is 13.5. The molecule has 0 radical (unpaired) electrons. The molecule has 8 heteroatoms. The van der Waals surface area contributed by atoms with Crippen molar-refractivity contribution in [1.29, 1.82) is 0 Å². The molecule has 0 unspecified atom stereocenters. The first-order valence-corrected chi connectivity index (χ1v) is 7.69. The van der Waals surface area contributed by atoms with E-state index in [4.69, 9.17) is 12.2 Å². The lowest BCUT2D eigenvalue weighted by Gasteiger charge is -2.14. The van der Waals surface area contributed by atoms with Gasteiger partial charge < -0.3 is 10.6 Å². The number of hydrogen-bond donors (Lipinski definition) is 2. The van der Waals surface area contributed by atoms with E-state index >= 15 is 0 Å². The summed E-state index contributed by atoms with van der Waals surface area (Å²) in [4.78, 5) is 37.3. The lowest BCUT2D eigenvalue weighted by atomic mass is 10.1. The van der Waals surface area contributed by atoms with Gasteiger partial charge in [-0.3, -0.25) is 19.3 Å². The second-order valence-electron chi connectivity index (χ2n) is 5.22. The molecule has 0 spiro atoms. The maximum Gasteiger partial charge on any atom is 0.262 e. The van der Waals surface area contributed by atoms with Crippen molar-refractivity contribution in [2.24, 2.45) is 0 Å². The number of hydrogen-bond acceptors (Lipinski definition) is 4. The Labute approximate surface area is 147 Å². The van der Waals surface area contributed by atoms with Gasteiger partial charge >= 0.3 is 0 Å². The second-order valence-corrected chi connectivity index (χ2v) is 5.63. The van der Waals surface area contributed by atoms with Crippen LogP contribution in [0.4, 0.5) is 10.1 Å². The Bertz CT molecular complexity index is 865. The number of amides is 3. The molecule has 0 atom stereocenters. The van der Waals surface area contributed by atoms with Crippen LogP contribution in [0.2, 0.25) is 0 Å². The van der Waals surface area contributed by atoms with Crippen LogP contribution >= 0.6 is 12.2 Å². The monoisotopic (exact) mass is 357 g/mol. The molecular weight excluding hydrogens is 345 g/mol. The molecule has 6 nitrogen and oxygen atoms in total. The molecule has 3 amide bonds. The van der Waals surface area contributed by atoms with Crippen molar-refractivity contribution >= 4 is 40.7 Å². The molecule has 25 heavy (non-hydrogen) atoms. The zero-order valence-corrected chi connectivity index (χ0v) is 13.6. The molecule has 0 saturated heterocycles. The molecule has 2 aromatic carbocycles. The molecule has 0 aliphatic carbocycles. The summed E-state index contributed by atoms with van der Waals surface area (Å²) in [5, 5.41) is 4.73. The van der Waals surface area contributed by atoms with E-state index < -0.39 is 30.1 Å². The molecule has 3 rings (SSSR count). The maximum atomic E-state index is 13.5. The molecule has 0 bridgehead atoms. The third kappa shape index (κ3) is 3.38. The summed E-state index contributed by atoms with van der Waals surface area (Å²) in [6, 6.07) is 12.2. The van der Waals surface area contributed by atoms with Crippen molar-refractivity contribution in [3.8, 4) is 0 Å². The van der Waals surface area contributed by atoms with E-state index in [1.165, 1.54) is 30.3 Å². The third-order valence-corrected chi connectivity index (χ3v) is 3.76. The van der Waals surface area contributed by atoms with Crippen LogP contribution in [0.15, 0.2) is 48.5 Å². The second kappa shape index (κ2) is 6.78. The molecule has 1 heterocycles. The summed E-state index contributed by atoms with van der Waals surface area (Å²) in [6.45, 7) is -0.481. The van der Waals surface area contributed by atoms with Gasteiger partial charge in [0.05, 0.1) is 16.8 Å². The van der Waals surface area contributed by atoms with Gasteiger partial charge in [0.25, 0.3) is 11.8 Å². The minimum Gasteiger partial charge on any atom is -0.330 e. The summed E-state index contributed by atoms with van der Waals surface area (Å²) in [5.41, 5.74) is 0.619. The Morgan fingerprint density at radius 2 is 1.56 bits per heavy atom. The molecule has 0 aromatic heterocycles. The van der Waals surface area contributed by atoms with Gasteiger partial charge in [-0.15, -0.1) is 0 Å². The lowest BCUT2D eigenvalue weighted by Crippen LogP contribution is -2.43. The molecule has 0 fully saturated rings. The number of rotatable bonds is 3. The van der Waals surface area contributed by atoms with Gasteiger partial charge in [0.1, 0.15) is 12.4 Å². The van der Waals surface area contributed by atoms with Gasteiger partial charge in [0, 0.05) is 0 Å². The van der Waals surface area contributed by atoms with Crippen LogP contribution in [0.25, 0.3) is 0 Å². The minimum absolute atomic E-state index is 0.105. The average Bonchev–Trinajstić information content (AvgIpc) is 2.82. The van der Waals surface area contributed by atoms with E-state index in [0.29, 0.717) is 0 Å². The van der Waals surface area contributed by atoms with Crippen molar-refractivity contribution in [2.75, 3.05) is 11.9 Å². The smallest absolute Gasteiger partial charge is 0.262 e. The van der Waals surface area contributed by atoms with Crippen molar-refractivity contribution in [1.82, 2.24) is 10.2 Å². The number of thiocarbonyl (C=S) groups is 1. The van der Waals surface area contributed by atoms with Crippen LogP contribution in [0.3, 0.4) is 0 Å². The number of halogens is 1. The number of carbonyl (C=O) groups excluding carboxylic acids is 3. The van der Waals surface area contributed by atoms with Crippen LogP contribution in [0.1, 0.15) is 20.7 Å². The summed E-state index contributed by atoms with van der Waals surface area (Å²) in [5.74, 6) is -2.27. The summed E-state index contributed by atoms with van der Waals surface area (Å²) in [7, 11) is 0. The lowest BCUT2D eigenvalue weighted by molar-refractivity contribution is -0.120. The number of para-hydroxylation sites is 1. The molecule has 0 saturated carbocycles. The first kappa shape index (κ1) is 16.7. The number of imide groups is 1. The molecule has 126 valence electrons. The minimum atomic E-state index is -0.664. The van der Waals surface area contributed by atoms with E-state index in [1.54, 1.807) is 18.2 Å². The highest BCUT2D eigenvalue weighted by Crippen LogP contribution is 2.21. The Balaban J connectivity index is 1.62. The molecule has 1 aliphatic rings.